The number of benzene rings is 1. The van der Waals surface area contributed by atoms with Crippen LogP contribution in [-0.4, -0.2) is 55.9 Å². The number of amides is 2. The van der Waals surface area contributed by atoms with Crippen molar-refractivity contribution in [1.29, 1.82) is 0 Å². The second-order valence-electron chi connectivity index (χ2n) is 6.40. The Morgan fingerprint density at radius 1 is 1.30 bits per heavy atom. The van der Waals surface area contributed by atoms with E-state index in [0.717, 1.165) is 5.69 Å². The first-order chi connectivity index (χ1) is 13.0. The average Bonchev–Trinajstić information content (AvgIpc) is 3.26. The van der Waals surface area contributed by atoms with Crippen molar-refractivity contribution in [2.45, 2.75) is 19.4 Å². The zero-order chi connectivity index (χ0) is 19.1. The fraction of sp³-hybridized carbons (Fsp3) is 0.278. The Kier molecular flexibility index (Phi) is 4.27. The first-order valence-electron chi connectivity index (χ1n) is 8.49. The van der Waals surface area contributed by atoms with E-state index >= 15 is 0 Å². The first-order valence-corrected chi connectivity index (χ1v) is 8.86. The number of aromatic nitrogens is 4. The van der Waals surface area contributed by atoms with Crippen molar-refractivity contribution < 1.29 is 9.59 Å². The van der Waals surface area contributed by atoms with Crippen LogP contribution in [-0.2, 0) is 4.79 Å². The van der Waals surface area contributed by atoms with Gasteiger partial charge in [0, 0.05) is 25.5 Å². The number of nitrogens with zero attached hydrogens (tertiary/aromatic N) is 6. The van der Waals surface area contributed by atoms with E-state index in [0.29, 0.717) is 29.5 Å². The van der Waals surface area contributed by atoms with Gasteiger partial charge in [-0.1, -0.05) is 23.7 Å². The highest BCUT2D eigenvalue weighted by molar-refractivity contribution is 6.34. The fourth-order valence-corrected chi connectivity index (χ4v) is 3.47. The summed E-state index contributed by atoms with van der Waals surface area (Å²) in [5.41, 5.74) is 1.47. The smallest absolute Gasteiger partial charge is 0.294 e. The van der Waals surface area contributed by atoms with Gasteiger partial charge in [-0.2, -0.15) is 4.98 Å². The van der Waals surface area contributed by atoms with Gasteiger partial charge in [0.05, 0.1) is 10.7 Å². The minimum absolute atomic E-state index is 0.0169. The van der Waals surface area contributed by atoms with Gasteiger partial charge in [0.15, 0.2) is 0 Å². The third kappa shape index (κ3) is 2.91. The molecule has 0 spiro atoms. The van der Waals surface area contributed by atoms with E-state index in [4.69, 9.17) is 11.6 Å². The van der Waals surface area contributed by atoms with Crippen LogP contribution in [0, 0.1) is 6.92 Å². The van der Waals surface area contributed by atoms with Gasteiger partial charge in [0.25, 0.3) is 11.7 Å². The standard InChI is InChI=1S/C18H17ClN6O2/c1-11-7-9-20-18-21-15(22-25(11)18)17(27)23(2)14-8-10-24(16(14)26)13-6-4-3-5-12(13)19/h3-7,9,14H,8,10H2,1-2H3. The van der Waals surface area contributed by atoms with E-state index in [1.807, 2.05) is 19.1 Å². The SMILES string of the molecule is Cc1ccnc2nc(C(=O)N(C)C3CCN(c4ccccc4Cl)C3=O)nn12. The molecule has 8 nitrogen and oxygen atoms in total. The van der Waals surface area contributed by atoms with Crippen LogP contribution in [0.25, 0.3) is 5.78 Å². The maximum Gasteiger partial charge on any atom is 0.294 e. The molecule has 0 N–H and O–H groups in total. The van der Waals surface area contributed by atoms with Crippen LogP contribution < -0.4 is 4.90 Å². The van der Waals surface area contributed by atoms with Crippen LogP contribution in [0.15, 0.2) is 36.5 Å². The van der Waals surface area contributed by atoms with E-state index in [-0.39, 0.29) is 11.7 Å². The monoisotopic (exact) mass is 384 g/mol. The van der Waals surface area contributed by atoms with Gasteiger partial charge >= 0.3 is 0 Å². The molecule has 1 fully saturated rings. The van der Waals surface area contributed by atoms with Crippen molar-refractivity contribution in [3.05, 3.63) is 53.1 Å². The Morgan fingerprint density at radius 3 is 2.81 bits per heavy atom. The van der Waals surface area contributed by atoms with E-state index in [2.05, 4.69) is 15.1 Å². The van der Waals surface area contributed by atoms with Crippen LogP contribution in [0.2, 0.25) is 5.02 Å². The molecule has 3 heterocycles. The molecule has 1 saturated heterocycles. The molecule has 1 aliphatic heterocycles. The van der Waals surface area contributed by atoms with E-state index in [9.17, 15) is 9.59 Å². The normalized spacial score (nSPS) is 16.9. The molecule has 0 saturated carbocycles. The summed E-state index contributed by atoms with van der Waals surface area (Å²) in [4.78, 5) is 37.0. The Balaban J connectivity index is 1.58. The van der Waals surface area contributed by atoms with Gasteiger partial charge in [0.1, 0.15) is 6.04 Å². The molecule has 4 rings (SSSR count). The van der Waals surface area contributed by atoms with Crippen molar-refractivity contribution in [3.8, 4) is 0 Å². The predicted molar refractivity (Wildman–Crippen MR) is 99.8 cm³/mol. The van der Waals surface area contributed by atoms with Gasteiger partial charge in [-0.15, -0.1) is 5.10 Å². The zero-order valence-corrected chi connectivity index (χ0v) is 15.6. The van der Waals surface area contributed by atoms with E-state index < -0.39 is 11.9 Å². The maximum absolute atomic E-state index is 12.9. The van der Waals surface area contributed by atoms with Gasteiger partial charge in [-0.05, 0) is 31.5 Å². The largest absolute Gasteiger partial charge is 0.327 e. The minimum atomic E-state index is -0.588. The summed E-state index contributed by atoms with van der Waals surface area (Å²) in [6.07, 6.45) is 2.12. The molecular weight excluding hydrogens is 368 g/mol. The lowest BCUT2D eigenvalue weighted by molar-refractivity contribution is -0.120. The molecule has 3 aromatic rings. The molecule has 0 radical (unpaired) electrons. The molecule has 2 amide bonds. The number of aryl methyl sites for hydroxylation is 1. The molecule has 27 heavy (non-hydrogen) atoms. The maximum atomic E-state index is 12.9. The number of anilines is 1. The second-order valence-corrected chi connectivity index (χ2v) is 6.80. The van der Waals surface area contributed by atoms with Gasteiger partial charge < -0.3 is 9.80 Å². The number of likely N-dealkylation sites (N-methyl/N-ethyl adjacent to an activating group) is 1. The first kappa shape index (κ1) is 17.4. The summed E-state index contributed by atoms with van der Waals surface area (Å²) in [5.74, 6) is -0.221. The summed E-state index contributed by atoms with van der Waals surface area (Å²) in [7, 11) is 1.59. The van der Waals surface area contributed by atoms with Crippen molar-refractivity contribution in [2.75, 3.05) is 18.5 Å². The van der Waals surface area contributed by atoms with E-state index in [1.54, 1.807) is 36.3 Å². The van der Waals surface area contributed by atoms with Crippen LogP contribution in [0.1, 0.15) is 22.7 Å². The molecule has 0 bridgehead atoms. The highest BCUT2D eigenvalue weighted by Crippen LogP contribution is 2.30. The lowest BCUT2D eigenvalue weighted by atomic mass is 10.2. The third-order valence-corrected chi connectivity index (χ3v) is 5.05. The van der Waals surface area contributed by atoms with E-state index in [1.165, 1.54) is 9.42 Å². The number of carbonyl (C=O) groups is 2. The topological polar surface area (TPSA) is 83.7 Å². The summed E-state index contributed by atoms with van der Waals surface area (Å²) < 4.78 is 1.51. The van der Waals surface area contributed by atoms with Crippen LogP contribution >= 0.6 is 11.6 Å². The Labute approximate surface area is 160 Å². The zero-order valence-electron chi connectivity index (χ0n) is 14.8. The molecule has 1 unspecified atom stereocenters. The summed E-state index contributed by atoms with van der Waals surface area (Å²) >= 11 is 6.21. The summed E-state index contributed by atoms with van der Waals surface area (Å²) in [5, 5.41) is 4.73. The van der Waals surface area contributed by atoms with Crippen molar-refractivity contribution in [2.24, 2.45) is 0 Å². The molecule has 1 atom stereocenters. The number of halogens is 1. The highest BCUT2D eigenvalue weighted by atomic mass is 35.5. The Morgan fingerprint density at radius 2 is 2.07 bits per heavy atom. The molecule has 1 aliphatic rings. The Bertz CT molecular complexity index is 1050. The highest BCUT2D eigenvalue weighted by Gasteiger charge is 2.38. The van der Waals surface area contributed by atoms with Crippen LogP contribution in [0.5, 0.6) is 0 Å². The third-order valence-electron chi connectivity index (χ3n) is 4.73. The van der Waals surface area contributed by atoms with Gasteiger partial charge in [0.2, 0.25) is 11.7 Å². The van der Waals surface area contributed by atoms with Crippen LogP contribution in [0.4, 0.5) is 5.69 Å². The number of hydrogen-bond donors (Lipinski definition) is 0. The number of fused-ring (bicyclic) bond motifs is 1. The molecule has 138 valence electrons. The number of hydrogen-bond acceptors (Lipinski definition) is 5. The fourth-order valence-electron chi connectivity index (χ4n) is 3.23. The van der Waals surface area contributed by atoms with Crippen LogP contribution in [0.3, 0.4) is 0 Å². The predicted octanol–water partition coefficient (Wildman–Crippen LogP) is 1.96. The average molecular weight is 385 g/mol. The number of rotatable bonds is 3. The molecule has 9 heteroatoms. The van der Waals surface area contributed by atoms with Crippen molar-refractivity contribution >= 4 is 34.9 Å². The molecule has 1 aromatic carbocycles. The van der Waals surface area contributed by atoms with Gasteiger partial charge in [-0.3, -0.25) is 9.59 Å². The summed E-state index contributed by atoms with van der Waals surface area (Å²) in [6.45, 7) is 2.34. The van der Waals surface area contributed by atoms with Crippen molar-refractivity contribution in [3.63, 3.8) is 0 Å². The van der Waals surface area contributed by atoms with Crippen molar-refractivity contribution in [1.82, 2.24) is 24.5 Å². The molecular formula is C18H17ClN6O2. The second kappa shape index (κ2) is 6.62. The number of carbonyl (C=O) groups excluding carboxylic acids is 2. The lowest BCUT2D eigenvalue weighted by Gasteiger charge is -2.23. The Hall–Kier alpha value is -3.00. The lowest BCUT2D eigenvalue weighted by Crippen LogP contribution is -2.43. The quantitative estimate of drug-likeness (QED) is 0.689. The van der Waals surface area contributed by atoms with Gasteiger partial charge in [-0.25, -0.2) is 9.50 Å². The summed E-state index contributed by atoms with van der Waals surface area (Å²) in [6, 6.07) is 8.36. The minimum Gasteiger partial charge on any atom is -0.327 e. The molecule has 0 aliphatic carbocycles. The molecule has 2 aromatic heterocycles. The number of para-hydroxylation sites is 1.